The maximum atomic E-state index is 4.97. The van der Waals surface area contributed by atoms with E-state index >= 15 is 0 Å². The molecule has 0 saturated carbocycles. The third kappa shape index (κ3) is 7.15. The summed E-state index contributed by atoms with van der Waals surface area (Å²) in [6.07, 6.45) is 1.14. The molecule has 1 aromatic rings. The van der Waals surface area contributed by atoms with Crippen molar-refractivity contribution in [2.24, 2.45) is 0 Å². The standard InChI is InChI=1S/C15H27N3O/c1-18(2)15-7-5-14(6-8-15)13-17-10-4-9-16-11-12-19-3/h5-8,16-17H,4,9-13H2,1-3H3. The van der Waals surface area contributed by atoms with Gasteiger partial charge in [0.15, 0.2) is 0 Å². The van der Waals surface area contributed by atoms with Gasteiger partial charge in [-0.2, -0.15) is 0 Å². The van der Waals surface area contributed by atoms with Crippen LogP contribution >= 0.6 is 0 Å². The molecular formula is C15H27N3O. The molecule has 0 heterocycles. The van der Waals surface area contributed by atoms with Gasteiger partial charge in [0.05, 0.1) is 6.61 Å². The highest BCUT2D eigenvalue weighted by Gasteiger charge is 1.96. The molecule has 0 bridgehead atoms. The molecule has 0 unspecified atom stereocenters. The van der Waals surface area contributed by atoms with Gasteiger partial charge in [-0.25, -0.2) is 0 Å². The molecule has 0 atom stereocenters. The molecule has 0 aliphatic carbocycles. The molecule has 0 aliphatic rings. The van der Waals surface area contributed by atoms with Gasteiger partial charge in [0.1, 0.15) is 0 Å². The number of hydrogen-bond donors (Lipinski definition) is 2. The molecule has 0 aliphatic heterocycles. The van der Waals surface area contributed by atoms with Crippen LogP contribution in [0, 0.1) is 0 Å². The van der Waals surface area contributed by atoms with Gasteiger partial charge in [-0.3, -0.25) is 0 Å². The smallest absolute Gasteiger partial charge is 0.0587 e. The monoisotopic (exact) mass is 265 g/mol. The highest BCUT2D eigenvalue weighted by molar-refractivity contribution is 5.45. The van der Waals surface area contributed by atoms with Crippen LogP contribution in [0.15, 0.2) is 24.3 Å². The van der Waals surface area contributed by atoms with Crippen LogP contribution in [-0.2, 0) is 11.3 Å². The molecule has 0 fully saturated rings. The van der Waals surface area contributed by atoms with Crippen LogP contribution in [0.5, 0.6) is 0 Å². The lowest BCUT2D eigenvalue weighted by molar-refractivity contribution is 0.199. The minimum Gasteiger partial charge on any atom is -0.383 e. The summed E-state index contributed by atoms with van der Waals surface area (Å²) in [7, 11) is 5.85. The zero-order valence-electron chi connectivity index (χ0n) is 12.4. The van der Waals surface area contributed by atoms with Crippen molar-refractivity contribution in [2.75, 3.05) is 52.3 Å². The van der Waals surface area contributed by atoms with E-state index in [0.717, 1.165) is 39.2 Å². The Morgan fingerprint density at radius 2 is 1.68 bits per heavy atom. The first-order valence-electron chi connectivity index (χ1n) is 6.90. The Bertz CT molecular complexity index is 325. The van der Waals surface area contributed by atoms with Gasteiger partial charge < -0.3 is 20.3 Å². The highest BCUT2D eigenvalue weighted by Crippen LogP contribution is 2.11. The van der Waals surface area contributed by atoms with Crippen molar-refractivity contribution in [2.45, 2.75) is 13.0 Å². The fourth-order valence-corrected chi connectivity index (χ4v) is 1.78. The fraction of sp³-hybridized carbons (Fsp3) is 0.600. The van der Waals surface area contributed by atoms with Crippen molar-refractivity contribution < 1.29 is 4.74 Å². The Balaban J connectivity index is 2.06. The predicted molar refractivity (Wildman–Crippen MR) is 81.8 cm³/mol. The SMILES string of the molecule is COCCNCCCNCc1ccc(N(C)C)cc1. The minimum absolute atomic E-state index is 0.783. The number of benzene rings is 1. The first kappa shape index (κ1) is 16.0. The van der Waals surface area contributed by atoms with Gasteiger partial charge in [-0.05, 0) is 37.2 Å². The van der Waals surface area contributed by atoms with E-state index in [4.69, 9.17) is 4.74 Å². The summed E-state index contributed by atoms with van der Waals surface area (Å²) >= 11 is 0. The van der Waals surface area contributed by atoms with Gasteiger partial charge >= 0.3 is 0 Å². The van der Waals surface area contributed by atoms with Crippen molar-refractivity contribution in [3.8, 4) is 0 Å². The lowest BCUT2D eigenvalue weighted by Gasteiger charge is -2.13. The van der Waals surface area contributed by atoms with Gasteiger partial charge in [-0.15, -0.1) is 0 Å². The Kier molecular flexibility index (Phi) is 8.21. The molecule has 4 heteroatoms. The van der Waals surface area contributed by atoms with E-state index in [-0.39, 0.29) is 0 Å². The highest BCUT2D eigenvalue weighted by atomic mass is 16.5. The second-order valence-electron chi connectivity index (χ2n) is 4.83. The average molecular weight is 265 g/mol. The summed E-state index contributed by atoms with van der Waals surface area (Å²) in [5.41, 5.74) is 2.57. The van der Waals surface area contributed by atoms with Gasteiger partial charge in [0.2, 0.25) is 0 Å². The molecule has 0 radical (unpaired) electrons. The summed E-state index contributed by atoms with van der Waals surface area (Å²) in [6, 6.07) is 8.67. The molecule has 0 spiro atoms. The second-order valence-corrected chi connectivity index (χ2v) is 4.83. The third-order valence-corrected chi connectivity index (χ3v) is 2.97. The van der Waals surface area contributed by atoms with Crippen LogP contribution in [0.25, 0.3) is 0 Å². The van der Waals surface area contributed by atoms with E-state index in [1.807, 2.05) is 0 Å². The molecule has 4 nitrogen and oxygen atoms in total. The predicted octanol–water partition coefficient (Wildman–Crippen LogP) is 1.47. The molecule has 0 saturated heterocycles. The summed E-state index contributed by atoms with van der Waals surface area (Å²) in [4.78, 5) is 2.11. The summed E-state index contributed by atoms with van der Waals surface area (Å²) in [5, 5.41) is 6.79. The maximum absolute atomic E-state index is 4.97. The topological polar surface area (TPSA) is 36.5 Å². The van der Waals surface area contributed by atoms with Crippen molar-refractivity contribution in [3.05, 3.63) is 29.8 Å². The van der Waals surface area contributed by atoms with E-state index < -0.39 is 0 Å². The minimum atomic E-state index is 0.783. The molecule has 108 valence electrons. The van der Waals surface area contributed by atoms with Gasteiger partial charge in [-0.1, -0.05) is 12.1 Å². The van der Waals surface area contributed by atoms with E-state index in [9.17, 15) is 0 Å². The summed E-state index contributed by atoms with van der Waals surface area (Å²) in [5.74, 6) is 0. The maximum Gasteiger partial charge on any atom is 0.0587 e. The Morgan fingerprint density at radius 3 is 2.32 bits per heavy atom. The zero-order chi connectivity index (χ0) is 13.9. The van der Waals surface area contributed by atoms with Crippen LogP contribution in [-0.4, -0.2) is 47.4 Å². The normalized spacial score (nSPS) is 10.7. The molecule has 19 heavy (non-hydrogen) atoms. The van der Waals surface area contributed by atoms with Crippen molar-refractivity contribution in [1.82, 2.24) is 10.6 Å². The number of methoxy groups -OCH3 is 1. The zero-order valence-corrected chi connectivity index (χ0v) is 12.4. The van der Waals surface area contributed by atoms with E-state index in [0.29, 0.717) is 0 Å². The molecule has 0 aromatic heterocycles. The van der Waals surface area contributed by atoms with Crippen LogP contribution in [0.4, 0.5) is 5.69 Å². The van der Waals surface area contributed by atoms with Crippen molar-refractivity contribution in [1.29, 1.82) is 0 Å². The molecular weight excluding hydrogens is 238 g/mol. The van der Waals surface area contributed by atoms with Crippen LogP contribution < -0.4 is 15.5 Å². The van der Waals surface area contributed by atoms with Gasteiger partial charge in [0.25, 0.3) is 0 Å². The summed E-state index contributed by atoms with van der Waals surface area (Å²) < 4.78 is 4.97. The number of hydrogen-bond acceptors (Lipinski definition) is 4. The fourth-order valence-electron chi connectivity index (χ4n) is 1.78. The molecule has 1 aromatic carbocycles. The molecule has 2 N–H and O–H groups in total. The number of nitrogens with zero attached hydrogens (tertiary/aromatic N) is 1. The van der Waals surface area contributed by atoms with Crippen LogP contribution in [0.1, 0.15) is 12.0 Å². The first-order valence-corrected chi connectivity index (χ1v) is 6.90. The third-order valence-electron chi connectivity index (χ3n) is 2.97. The second kappa shape index (κ2) is 9.78. The lowest BCUT2D eigenvalue weighted by Crippen LogP contribution is -2.24. The number of ether oxygens (including phenoxy) is 1. The van der Waals surface area contributed by atoms with Crippen molar-refractivity contribution >= 4 is 5.69 Å². The number of nitrogens with one attached hydrogen (secondary N) is 2. The van der Waals surface area contributed by atoms with Crippen molar-refractivity contribution in [3.63, 3.8) is 0 Å². The molecule has 1 rings (SSSR count). The van der Waals surface area contributed by atoms with E-state index in [1.165, 1.54) is 11.3 Å². The van der Waals surface area contributed by atoms with Crippen LogP contribution in [0.3, 0.4) is 0 Å². The largest absolute Gasteiger partial charge is 0.383 e. The Morgan fingerprint density at radius 1 is 1.00 bits per heavy atom. The summed E-state index contributed by atoms with van der Waals surface area (Å²) in [6.45, 7) is 4.73. The van der Waals surface area contributed by atoms with E-state index in [1.54, 1.807) is 7.11 Å². The molecule has 0 amide bonds. The first-order chi connectivity index (χ1) is 9.24. The average Bonchev–Trinajstić information content (AvgIpc) is 2.42. The Labute approximate surface area is 117 Å². The Hall–Kier alpha value is -1.10. The van der Waals surface area contributed by atoms with Crippen LogP contribution in [0.2, 0.25) is 0 Å². The number of rotatable bonds is 10. The quantitative estimate of drug-likeness (QED) is 0.628. The number of anilines is 1. The van der Waals surface area contributed by atoms with Gasteiger partial charge in [0, 0.05) is 40.0 Å². The van der Waals surface area contributed by atoms with E-state index in [2.05, 4.69) is 53.9 Å². The lowest BCUT2D eigenvalue weighted by atomic mass is 10.2.